The van der Waals surface area contributed by atoms with Crippen LogP contribution in [0, 0.1) is 6.92 Å². The third-order valence-electron chi connectivity index (χ3n) is 4.88. The molecule has 3 aliphatic heterocycles. The van der Waals surface area contributed by atoms with Crippen molar-refractivity contribution in [2.75, 3.05) is 25.1 Å². The van der Waals surface area contributed by atoms with Gasteiger partial charge in [0.1, 0.15) is 17.9 Å². The van der Waals surface area contributed by atoms with Crippen LogP contribution in [-0.4, -0.2) is 53.1 Å². The van der Waals surface area contributed by atoms with Crippen LogP contribution in [-0.2, 0) is 0 Å². The van der Waals surface area contributed by atoms with E-state index in [0.29, 0.717) is 0 Å². The van der Waals surface area contributed by atoms with Crippen molar-refractivity contribution in [1.29, 1.82) is 0 Å². The summed E-state index contributed by atoms with van der Waals surface area (Å²) in [5.74, 6) is 1.83. The van der Waals surface area contributed by atoms with Gasteiger partial charge in [-0.3, -0.25) is 4.79 Å². The number of carbonyl (C=O) groups is 1. The van der Waals surface area contributed by atoms with Gasteiger partial charge in [-0.15, -0.1) is 0 Å². The van der Waals surface area contributed by atoms with Gasteiger partial charge in [-0.1, -0.05) is 0 Å². The van der Waals surface area contributed by atoms with Crippen LogP contribution in [0.25, 0.3) is 0 Å². The normalized spacial score (nSPS) is 22.1. The first-order valence-corrected chi connectivity index (χ1v) is 8.16. The number of piperidine rings is 1. The third kappa shape index (κ3) is 2.48. The highest BCUT2D eigenvalue weighted by atomic mass is 16.5. The van der Waals surface area contributed by atoms with Gasteiger partial charge in [0.25, 0.3) is 5.91 Å². The number of anilines is 1. The standard InChI is InChI=1S/C18H20N4O2/c1-12-7-17(20-11-19-12)21-9-14-8-15(10-21)22(14)18(23)13-3-5-16(24-2)6-4-13/h3-7,11,14-15H,8-10H2,1-2H3. The highest BCUT2D eigenvalue weighted by Gasteiger charge is 2.47. The zero-order valence-electron chi connectivity index (χ0n) is 13.8. The summed E-state index contributed by atoms with van der Waals surface area (Å²) >= 11 is 0. The number of hydrogen-bond donors (Lipinski definition) is 0. The zero-order chi connectivity index (χ0) is 16.7. The van der Waals surface area contributed by atoms with E-state index in [2.05, 4.69) is 14.9 Å². The molecule has 1 aromatic carbocycles. The highest BCUT2D eigenvalue weighted by molar-refractivity contribution is 5.95. The summed E-state index contributed by atoms with van der Waals surface area (Å²) in [5.41, 5.74) is 1.68. The van der Waals surface area contributed by atoms with Crippen LogP contribution < -0.4 is 9.64 Å². The lowest BCUT2D eigenvalue weighted by molar-refractivity contribution is 0.00575. The number of benzene rings is 1. The molecule has 124 valence electrons. The Morgan fingerprint density at radius 3 is 2.50 bits per heavy atom. The van der Waals surface area contributed by atoms with Crippen molar-refractivity contribution in [2.24, 2.45) is 0 Å². The van der Waals surface area contributed by atoms with Gasteiger partial charge in [-0.25, -0.2) is 9.97 Å². The van der Waals surface area contributed by atoms with Gasteiger partial charge >= 0.3 is 0 Å². The first-order valence-electron chi connectivity index (χ1n) is 8.16. The molecule has 0 spiro atoms. The van der Waals surface area contributed by atoms with E-state index in [4.69, 9.17) is 4.74 Å². The van der Waals surface area contributed by atoms with Gasteiger partial charge in [0, 0.05) is 30.4 Å². The molecule has 0 radical (unpaired) electrons. The average Bonchev–Trinajstić information content (AvgIpc) is 2.62. The van der Waals surface area contributed by atoms with E-state index in [-0.39, 0.29) is 18.0 Å². The maximum absolute atomic E-state index is 12.8. The summed E-state index contributed by atoms with van der Waals surface area (Å²) in [7, 11) is 1.63. The summed E-state index contributed by atoms with van der Waals surface area (Å²) in [6.45, 7) is 3.62. The smallest absolute Gasteiger partial charge is 0.254 e. The molecule has 2 atom stereocenters. The van der Waals surface area contributed by atoms with Gasteiger partial charge < -0.3 is 14.5 Å². The fraction of sp³-hybridized carbons (Fsp3) is 0.389. The fourth-order valence-corrected chi connectivity index (χ4v) is 3.62. The predicted octanol–water partition coefficient (Wildman–Crippen LogP) is 1.90. The lowest BCUT2D eigenvalue weighted by Crippen LogP contribution is -2.70. The molecule has 1 aromatic heterocycles. The summed E-state index contributed by atoms with van der Waals surface area (Å²) in [6, 6.07) is 9.85. The van der Waals surface area contributed by atoms with Gasteiger partial charge in [0.2, 0.25) is 0 Å². The first-order chi connectivity index (χ1) is 11.7. The molecule has 4 heterocycles. The summed E-state index contributed by atoms with van der Waals surface area (Å²) < 4.78 is 5.15. The number of piperazine rings is 1. The average molecular weight is 324 g/mol. The molecule has 6 heteroatoms. The minimum absolute atomic E-state index is 0.109. The van der Waals surface area contributed by atoms with Gasteiger partial charge in [0.15, 0.2) is 0 Å². The molecule has 3 aliphatic rings. The molecule has 5 rings (SSSR count). The molecule has 0 aliphatic carbocycles. The molecule has 3 saturated heterocycles. The van der Waals surface area contributed by atoms with Gasteiger partial charge in [-0.05, 0) is 37.6 Å². The number of aromatic nitrogens is 2. The zero-order valence-corrected chi connectivity index (χ0v) is 13.8. The Labute approximate surface area is 141 Å². The summed E-state index contributed by atoms with van der Waals surface area (Å²) in [4.78, 5) is 25.6. The topological polar surface area (TPSA) is 58.6 Å². The number of fused-ring (bicyclic) bond motifs is 2. The van der Waals surface area contributed by atoms with Crippen molar-refractivity contribution in [3.8, 4) is 5.75 Å². The van der Waals surface area contributed by atoms with E-state index in [1.54, 1.807) is 13.4 Å². The van der Waals surface area contributed by atoms with Crippen molar-refractivity contribution in [3.05, 3.63) is 47.9 Å². The largest absolute Gasteiger partial charge is 0.497 e. The Hall–Kier alpha value is -2.63. The maximum Gasteiger partial charge on any atom is 0.254 e. The molecule has 1 amide bonds. The Bertz CT molecular complexity index is 750. The maximum atomic E-state index is 12.8. The minimum Gasteiger partial charge on any atom is -0.497 e. The number of amides is 1. The molecular formula is C18H20N4O2. The predicted molar refractivity (Wildman–Crippen MR) is 90.3 cm³/mol. The fourth-order valence-electron chi connectivity index (χ4n) is 3.62. The number of ether oxygens (including phenoxy) is 1. The molecule has 0 saturated carbocycles. The van der Waals surface area contributed by atoms with Gasteiger partial charge in [0.05, 0.1) is 19.2 Å². The summed E-state index contributed by atoms with van der Waals surface area (Å²) in [6.07, 6.45) is 2.67. The second-order valence-corrected chi connectivity index (χ2v) is 6.41. The van der Waals surface area contributed by atoms with E-state index >= 15 is 0 Å². The molecule has 3 fully saturated rings. The van der Waals surface area contributed by atoms with E-state index in [1.165, 1.54) is 0 Å². The number of nitrogens with zero attached hydrogens (tertiary/aromatic N) is 4. The number of methoxy groups -OCH3 is 1. The van der Waals surface area contributed by atoms with Crippen molar-refractivity contribution >= 4 is 11.7 Å². The highest BCUT2D eigenvalue weighted by Crippen LogP contribution is 2.35. The number of aryl methyl sites for hydroxylation is 1. The minimum atomic E-state index is 0.109. The van der Waals surface area contributed by atoms with E-state index in [1.807, 2.05) is 42.2 Å². The second kappa shape index (κ2) is 5.78. The van der Waals surface area contributed by atoms with Crippen LogP contribution in [0.5, 0.6) is 5.75 Å². The lowest BCUT2D eigenvalue weighted by Gasteiger charge is -2.56. The molecule has 2 aromatic rings. The molecule has 0 N–H and O–H groups in total. The third-order valence-corrected chi connectivity index (χ3v) is 4.88. The van der Waals surface area contributed by atoms with Crippen LogP contribution in [0.1, 0.15) is 22.5 Å². The van der Waals surface area contributed by atoms with Crippen molar-refractivity contribution < 1.29 is 9.53 Å². The molecule has 24 heavy (non-hydrogen) atoms. The monoisotopic (exact) mass is 324 g/mol. The summed E-state index contributed by atoms with van der Waals surface area (Å²) in [5, 5.41) is 0. The Kier molecular flexibility index (Phi) is 3.59. The van der Waals surface area contributed by atoms with Crippen molar-refractivity contribution in [2.45, 2.75) is 25.4 Å². The van der Waals surface area contributed by atoms with Crippen LogP contribution in [0.3, 0.4) is 0 Å². The molecule has 2 unspecified atom stereocenters. The van der Waals surface area contributed by atoms with E-state index < -0.39 is 0 Å². The number of hydrogen-bond acceptors (Lipinski definition) is 5. The van der Waals surface area contributed by atoms with Crippen molar-refractivity contribution in [1.82, 2.24) is 14.9 Å². The van der Waals surface area contributed by atoms with Crippen LogP contribution >= 0.6 is 0 Å². The Morgan fingerprint density at radius 2 is 1.88 bits per heavy atom. The number of rotatable bonds is 3. The number of carbonyl (C=O) groups excluding carboxylic acids is 1. The molecular weight excluding hydrogens is 304 g/mol. The quantitative estimate of drug-likeness (QED) is 0.863. The lowest BCUT2D eigenvalue weighted by atomic mass is 9.86. The SMILES string of the molecule is COc1ccc(C(=O)N2C3CC2CN(c2cc(C)ncn2)C3)cc1. The Morgan fingerprint density at radius 1 is 1.17 bits per heavy atom. The van der Waals surface area contributed by atoms with Crippen molar-refractivity contribution in [3.63, 3.8) is 0 Å². The van der Waals surface area contributed by atoms with Gasteiger partial charge in [-0.2, -0.15) is 0 Å². The Balaban J connectivity index is 1.47. The molecule has 2 bridgehead atoms. The van der Waals surface area contributed by atoms with Crippen LogP contribution in [0.2, 0.25) is 0 Å². The van der Waals surface area contributed by atoms with Crippen LogP contribution in [0.4, 0.5) is 5.82 Å². The van der Waals surface area contributed by atoms with E-state index in [0.717, 1.165) is 42.3 Å². The van der Waals surface area contributed by atoms with Crippen LogP contribution in [0.15, 0.2) is 36.7 Å². The van der Waals surface area contributed by atoms with E-state index in [9.17, 15) is 4.79 Å². The molecule has 6 nitrogen and oxygen atoms in total. The first kappa shape index (κ1) is 14.9. The second-order valence-electron chi connectivity index (χ2n) is 6.41.